The number of ketones is 1. The Bertz CT molecular complexity index is 401. The maximum Gasteiger partial charge on any atom is 0.162 e. The predicted molar refractivity (Wildman–Crippen MR) is 63.0 cm³/mol. The van der Waals surface area contributed by atoms with E-state index in [9.17, 15) is 4.79 Å². The van der Waals surface area contributed by atoms with E-state index in [0.717, 1.165) is 0 Å². The van der Waals surface area contributed by atoms with Gasteiger partial charge in [-0.1, -0.05) is 11.6 Å². The molecule has 0 aliphatic rings. The zero-order valence-corrected chi connectivity index (χ0v) is 10.2. The highest BCUT2D eigenvalue weighted by atomic mass is 79.9. The van der Waals surface area contributed by atoms with Gasteiger partial charge >= 0.3 is 0 Å². The first-order chi connectivity index (χ1) is 6.56. The van der Waals surface area contributed by atoms with Gasteiger partial charge in [-0.05, 0) is 41.9 Å². The summed E-state index contributed by atoms with van der Waals surface area (Å²) in [6.45, 7) is 3.30. The zero-order chi connectivity index (χ0) is 10.7. The molecule has 4 heteroatoms. The quantitative estimate of drug-likeness (QED) is 0.591. The molecule has 0 N–H and O–H groups in total. The zero-order valence-electron chi connectivity index (χ0n) is 7.84. The molecule has 0 saturated heterocycles. The molecule has 1 rings (SSSR count). The summed E-state index contributed by atoms with van der Waals surface area (Å²) in [7, 11) is 0. The van der Waals surface area contributed by atoms with Gasteiger partial charge in [-0.25, -0.2) is 0 Å². The number of carbonyl (C=O) groups excluding carboxylic acids is 1. The van der Waals surface area contributed by atoms with Crippen LogP contribution >= 0.6 is 27.5 Å². The summed E-state index contributed by atoms with van der Waals surface area (Å²) in [5, 5.41) is 0.551. The highest BCUT2D eigenvalue weighted by molar-refractivity contribution is 9.10. The van der Waals surface area contributed by atoms with E-state index < -0.39 is 0 Å². The smallest absolute Gasteiger partial charge is 0.162 e. The summed E-state index contributed by atoms with van der Waals surface area (Å²) in [6.07, 6.45) is 1.63. The van der Waals surface area contributed by atoms with Gasteiger partial charge in [0.15, 0.2) is 5.78 Å². The Kier molecular flexibility index (Phi) is 3.84. The summed E-state index contributed by atoms with van der Waals surface area (Å²) in [4.78, 5) is 15.3. The number of rotatable bonds is 2. The first kappa shape index (κ1) is 11.4. The van der Waals surface area contributed by atoms with E-state index in [-0.39, 0.29) is 5.78 Å². The van der Waals surface area contributed by atoms with Gasteiger partial charge in [-0.15, -0.1) is 0 Å². The van der Waals surface area contributed by atoms with E-state index in [4.69, 9.17) is 11.6 Å². The molecule has 0 heterocycles. The van der Waals surface area contributed by atoms with Crippen LogP contribution in [0.4, 0.5) is 5.69 Å². The average molecular weight is 275 g/mol. The molecule has 1 aromatic rings. The number of Topliss-reactive ketones (excluding diaryl/α,β-unsaturated/α-hetero) is 1. The van der Waals surface area contributed by atoms with Crippen LogP contribution in [0.3, 0.4) is 0 Å². The first-order valence-corrected chi connectivity index (χ1v) is 5.22. The van der Waals surface area contributed by atoms with Crippen LogP contribution in [0.5, 0.6) is 0 Å². The Hall–Kier alpha value is -0.670. The van der Waals surface area contributed by atoms with Gasteiger partial charge in [0.1, 0.15) is 0 Å². The molecule has 1 aromatic carbocycles. The largest absolute Gasteiger partial charge is 0.294 e. The summed E-state index contributed by atoms with van der Waals surface area (Å²) in [6, 6.07) is 3.36. The third-order valence-electron chi connectivity index (χ3n) is 1.69. The minimum Gasteiger partial charge on any atom is -0.294 e. The Morgan fingerprint density at radius 2 is 2.21 bits per heavy atom. The molecule has 0 aliphatic carbocycles. The van der Waals surface area contributed by atoms with Crippen molar-refractivity contribution >= 4 is 45.2 Å². The number of nitrogens with zero attached hydrogens (tertiary/aromatic N) is 1. The lowest BCUT2D eigenvalue weighted by Gasteiger charge is -2.04. The molecule has 14 heavy (non-hydrogen) atoms. The van der Waals surface area contributed by atoms with E-state index in [1.54, 1.807) is 25.3 Å². The van der Waals surface area contributed by atoms with Crippen molar-refractivity contribution in [2.24, 2.45) is 4.99 Å². The van der Waals surface area contributed by atoms with Crippen LogP contribution in [-0.4, -0.2) is 12.0 Å². The second-order valence-corrected chi connectivity index (χ2v) is 3.99. The van der Waals surface area contributed by atoms with Gasteiger partial charge < -0.3 is 0 Å². The highest BCUT2D eigenvalue weighted by Gasteiger charge is 2.09. The molecule has 0 amide bonds. The molecular formula is C10H9BrClNO. The van der Waals surface area contributed by atoms with Crippen molar-refractivity contribution in [1.82, 2.24) is 0 Å². The van der Waals surface area contributed by atoms with Crippen molar-refractivity contribution < 1.29 is 4.79 Å². The second kappa shape index (κ2) is 4.71. The van der Waals surface area contributed by atoms with Gasteiger partial charge in [0.05, 0.1) is 10.7 Å². The third kappa shape index (κ3) is 2.42. The van der Waals surface area contributed by atoms with Crippen LogP contribution in [0.2, 0.25) is 5.02 Å². The van der Waals surface area contributed by atoms with Crippen LogP contribution in [0, 0.1) is 0 Å². The van der Waals surface area contributed by atoms with Gasteiger partial charge in [0.25, 0.3) is 0 Å². The fourth-order valence-electron chi connectivity index (χ4n) is 1.06. The molecule has 0 atom stereocenters. The maximum absolute atomic E-state index is 11.3. The average Bonchev–Trinajstić information content (AvgIpc) is 2.11. The first-order valence-electron chi connectivity index (χ1n) is 4.05. The second-order valence-electron chi connectivity index (χ2n) is 2.73. The lowest BCUT2D eigenvalue weighted by Crippen LogP contribution is -1.93. The van der Waals surface area contributed by atoms with Crippen molar-refractivity contribution in [2.75, 3.05) is 0 Å². The van der Waals surface area contributed by atoms with Crippen molar-refractivity contribution in [3.8, 4) is 0 Å². The predicted octanol–water partition coefficient (Wildman–Crippen LogP) is 4.03. The van der Waals surface area contributed by atoms with Gasteiger partial charge in [-0.2, -0.15) is 0 Å². The molecule has 2 nitrogen and oxygen atoms in total. The molecule has 0 saturated carbocycles. The van der Waals surface area contributed by atoms with Crippen LogP contribution in [0.1, 0.15) is 24.2 Å². The standard InChI is InChI=1S/C10H9BrClNO/c1-3-13-10-5-9(12)8(11)4-7(10)6(2)14/h3-5H,1-2H3/b13-3-. The maximum atomic E-state index is 11.3. The van der Waals surface area contributed by atoms with Gasteiger partial charge in [0, 0.05) is 16.3 Å². The monoisotopic (exact) mass is 273 g/mol. The molecule has 0 fully saturated rings. The van der Waals surface area contributed by atoms with Crippen molar-refractivity contribution in [3.05, 3.63) is 27.2 Å². The number of hydrogen-bond donors (Lipinski definition) is 0. The van der Waals surface area contributed by atoms with E-state index in [1.807, 2.05) is 0 Å². The Morgan fingerprint density at radius 3 is 2.71 bits per heavy atom. The Morgan fingerprint density at radius 1 is 1.57 bits per heavy atom. The highest BCUT2D eigenvalue weighted by Crippen LogP contribution is 2.31. The number of carbonyl (C=O) groups is 1. The molecule has 0 unspecified atom stereocenters. The molecular weight excluding hydrogens is 265 g/mol. The lowest BCUT2D eigenvalue weighted by molar-refractivity contribution is 0.101. The van der Waals surface area contributed by atoms with E-state index in [2.05, 4.69) is 20.9 Å². The van der Waals surface area contributed by atoms with Crippen molar-refractivity contribution in [3.63, 3.8) is 0 Å². The van der Waals surface area contributed by atoms with Gasteiger partial charge in [0.2, 0.25) is 0 Å². The molecule has 0 aromatic heterocycles. The lowest BCUT2D eigenvalue weighted by atomic mass is 10.1. The minimum atomic E-state index is -0.0250. The van der Waals surface area contributed by atoms with E-state index in [0.29, 0.717) is 20.7 Å². The molecule has 74 valence electrons. The number of benzene rings is 1. The molecule has 0 radical (unpaired) electrons. The fraction of sp³-hybridized carbons (Fsp3) is 0.200. The van der Waals surface area contributed by atoms with Crippen molar-refractivity contribution in [1.29, 1.82) is 0 Å². The Labute approximate surface area is 96.1 Å². The van der Waals surface area contributed by atoms with Crippen LogP contribution in [0.15, 0.2) is 21.6 Å². The normalized spacial score (nSPS) is 10.9. The van der Waals surface area contributed by atoms with Crippen LogP contribution in [0.25, 0.3) is 0 Å². The van der Waals surface area contributed by atoms with Crippen LogP contribution in [-0.2, 0) is 0 Å². The molecule has 0 bridgehead atoms. The topological polar surface area (TPSA) is 29.4 Å². The van der Waals surface area contributed by atoms with E-state index in [1.165, 1.54) is 6.92 Å². The molecule has 0 aliphatic heterocycles. The van der Waals surface area contributed by atoms with Crippen LogP contribution < -0.4 is 0 Å². The van der Waals surface area contributed by atoms with E-state index >= 15 is 0 Å². The minimum absolute atomic E-state index is 0.0250. The SMILES string of the molecule is C/C=N\c1cc(Cl)c(Br)cc1C(C)=O. The van der Waals surface area contributed by atoms with Gasteiger partial charge in [-0.3, -0.25) is 9.79 Å². The summed E-state index contributed by atoms with van der Waals surface area (Å²) in [5.41, 5.74) is 1.17. The summed E-state index contributed by atoms with van der Waals surface area (Å²) >= 11 is 9.16. The third-order valence-corrected chi connectivity index (χ3v) is 2.88. The van der Waals surface area contributed by atoms with Crippen molar-refractivity contribution in [2.45, 2.75) is 13.8 Å². The number of hydrogen-bond acceptors (Lipinski definition) is 2. The summed E-state index contributed by atoms with van der Waals surface area (Å²) in [5.74, 6) is -0.0250. The fourth-order valence-corrected chi connectivity index (χ4v) is 1.57. The molecule has 0 spiro atoms. The summed E-state index contributed by atoms with van der Waals surface area (Å²) < 4.78 is 0.708. The Balaban J connectivity index is 3.38. The number of aliphatic imine (C=N–C) groups is 1. The number of halogens is 2.